The van der Waals surface area contributed by atoms with E-state index >= 15 is 0 Å². The van der Waals surface area contributed by atoms with Crippen LogP contribution >= 0.6 is 39.0 Å². The van der Waals surface area contributed by atoms with Crippen LogP contribution in [0.15, 0.2) is 63.0 Å². The maximum Gasteiger partial charge on any atom is 0.263 e. The van der Waals surface area contributed by atoms with Crippen LogP contribution in [0.1, 0.15) is 34.1 Å². The molecular formula is C24H23BrN2OS2. The van der Waals surface area contributed by atoms with Gasteiger partial charge in [0.15, 0.2) is 5.16 Å². The Kier molecular flexibility index (Phi) is 6.46. The predicted octanol–water partition coefficient (Wildman–Crippen LogP) is 6.74. The molecule has 0 fully saturated rings. The smallest absolute Gasteiger partial charge is 0.263 e. The lowest BCUT2D eigenvalue weighted by atomic mass is 10.1. The van der Waals surface area contributed by atoms with Crippen LogP contribution in [-0.2, 0) is 18.7 Å². The van der Waals surface area contributed by atoms with E-state index in [1.54, 1.807) is 23.1 Å². The molecule has 4 rings (SSSR count). The number of aromatic nitrogens is 2. The van der Waals surface area contributed by atoms with Crippen LogP contribution in [0.4, 0.5) is 0 Å². The summed E-state index contributed by atoms with van der Waals surface area (Å²) in [6.07, 6.45) is 0.922. The number of hydrogen-bond acceptors (Lipinski definition) is 4. The third kappa shape index (κ3) is 4.41. The minimum Gasteiger partial charge on any atom is -0.283 e. The fourth-order valence-corrected chi connectivity index (χ4v) is 5.81. The van der Waals surface area contributed by atoms with Gasteiger partial charge in [0.1, 0.15) is 4.83 Å². The Morgan fingerprint density at radius 2 is 1.70 bits per heavy atom. The van der Waals surface area contributed by atoms with E-state index in [0.29, 0.717) is 6.54 Å². The van der Waals surface area contributed by atoms with Crippen molar-refractivity contribution in [1.29, 1.82) is 0 Å². The Hall–Kier alpha value is -1.89. The van der Waals surface area contributed by atoms with E-state index in [4.69, 9.17) is 4.98 Å². The molecule has 0 saturated carbocycles. The third-order valence-electron chi connectivity index (χ3n) is 5.18. The lowest BCUT2D eigenvalue weighted by Crippen LogP contribution is -2.24. The first-order valence-corrected chi connectivity index (χ1v) is 12.5. The molecule has 4 aromatic rings. The molecule has 2 heterocycles. The quantitative estimate of drug-likeness (QED) is 0.218. The number of nitrogens with zero attached hydrogens (tertiary/aromatic N) is 2. The average molecular weight is 499 g/mol. The van der Waals surface area contributed by atoms with Crippen LogP contribution in [0.3, 0.4) is 0 Å². The zero-order chi connectivity index (χ0) is 21.3. The van der Waals surface area contributed by atoms with E-state index < -0.39 is 0 Å². The first kappa shape index (κ1) is 21.3. The summed E-state index contributed by atoms with van der Waals surface area (Å²) in [5.74, 6) is 0.768. The number of thioether (sulfide) groups is 1. The van der Waals surface area contributed by atoms with Gasteiger partial charge >= 0.3 is 0 Å². The second-order valence-electron chi connectivity index (χ2n) is 7.37. The second kappa shape index (κ2) is 9.08. The first-order chi connectivity index (χ1) is 14.5. The lowest BCUT2D eigenvalue weighted by molar-refractivity contribution is 0.659. The summed E-state index contributed by atoms with van der Waals surface area (Å²) in [4.78, 5) is 20.6. The molecule has 0 N–H and O–H groups in total. The summed E-state index contributed by atoms with van der Waals surface area (Å²) in [5.41, 5.74) is 4.67. The normalized spacial score (nSPS) is 11.3. The monoisotopic (exact) mass is 498 g/mol. The van der Waals surface area contributed by atoms with Crippen molar-refractivity contribution in [3.05, 3.63) is 90.5 Å². The summed E-state index contributed by atoms with van der Waals surface area (Å²) >= 11 is 6.76. The van der Waals surface area contributed by atoms with Crippen molar-refractivity contribution >= 4 is 49.2 Å². The molecular weight excluding hydrogens is 476 g/mol. The highest BCUT2D eigenvalue weighted by Crippen LogP contribution is 2.30. The summed E-state index contributed by atoms with van der Waals surface area (Å²) < 4.78 is 2.91. The first-order valence-electron chi connectivity index (χ1n) is 9.92. The van der Waals surface area contributed by atoms with E-state index in [9.17, 15) is 4.79 Å². The van der Waals surface area contributed by atoms with Crippen molar-refractivity contribution in [2.75, 3.05) is 0 Å². The van der Waals surface area contributed by atoms with Gasteiger partial charge in [-0.05, 0) is 49.1 Å². The Bertz CT molecular complexity index is 1240. The molecule has 2 aromatic heterocycles. The fraction of sp³-hybridized carbons (Fsp3) is 0.250. The van der Waals surface area contributed by atoms with Crippen LogP contribution in [0, 0.1) is 13.8 Å². The van der Waals surface area contributed by atoms with Crippen LogP contribution in [-0.4, -0.2) is 9.55 Å². The Labute approximate surface area is 193 Å². The Balaban J connectivity index is 1.78. The van der Waals surface area contributed by atoms with E-state index in [2.05, 4.69) is 66.2 Å². The number of thiophene rings is 1. The molecule has 6 heteroatoms. The van der Waals surface area contributed by atoms with E-state index in [-0.39, 0.29) is 5.56 Å². The number of hydrogen-bond donors (Lipinski definition) is 0. The molecule has 0 aliphatic carbocycles. The van der Waals surface area contributed by atoms with Crippen molar-refractivity contribution in [1.82, 2.24) is 9.55 Å². The molecule has 0 bridgehead atoms. The number of rotatable bonds is 6. The molecule has 0 aliphatic rings. The predicted molar refractivity (Wildman–Crippen MR) is 132 cm³/mol. The van der Waals surface area contributed by atoms with Crippen molar-refractivity contribution in [3.63, 3.8) is 0 Å². The van der Waals surface area contributed by atoms with E-state index in [0.717, 1.165) is 43.1 Å². The number of aryl methyl sites for hydroxylation is 3. The van der Waals surface area contributed by atoms with Gasteiger partial charge in [-0.1, -0.05) is 76.6 Å². The van der Waals surface area contributed by atoms with Gasteiger partial charge < -0.3 is 0 Å². The molecule has 3 nitrogen and oxygen atoms in total. The van der Waals surface area contributed by atoms with Gasteiger partial charge in [-0.3, -0.25) is 9.36 Å². The van der Waals surface area contributed by atoms with E-state index in [1.165, 1.54) is 16.0 Å². The summed E-state index contributed by atoms with van der Waals surface area (Å²) in [6, 6.07) is 16.6. The largest absolute Gasteiger partial charge is 0.283 e. The van der Waals surface area contributed by atoms with Crippen molar-refractivity contribution in [2.24, 2.45) is 0 Å². The molecule has 0 amide bonds. The number of benzene rings is 2. The van der Waals surface area contributed by atoms with Crippen molar-refractivity contribution < 1.29 is 0 Å². The third-order valence-corrected chi connectivity index (χ3v) is 8.08. The Morgan fingerprint density at radius 3 is 2.37 bits per heavy atom. The maximum atomic E-state index is 13.5. The zero-order valence-electron chi connectivity index (χ0n) is 17.2. The fourth-order valence-electron chi connectivity index (χ4n) is 3.44. The number of fused-ring (bicyclic) bond motifs is 1. The number of halogens is 1. The highest BCUT2D eigenvalue weighted by molar-refractivity contribution is 9.10. The van der Waals surface area contributed by atoms with Crippen LogP contribution in [0.25, 0.3) is 10.2 Å². The van der Waals surface area contributed by atoms with Gasteiger partial charge in [-0.25, -0.2) is 4.98 Å². The van der Waals surface area contributed by atoms with Gasteiger partial charge in [-0.15, -0.1) is 11.3 Å². The standard InChI is InChI=1S/C24H23BrN2OS2/c1-4-20-16(3)21-22(30-20)26-24(29-14-18-9-11-19(25)12-10-18)27(23(21)28)13-17-7-5-15(2)6-8-17/h5-12H,4,13-14H2,1-3H3. The van der Waals surface area contributed by atoms with Gasteiger partial charge in [-0.2, -0.15) is 0 Å². The molecule has 154 valence electrons. The molecule has 0 radical (unpaired) electrons. The maximum absolute atomic E-state index is 13.5. The summed E-state index contributed by atoms with van der Waals surface area (Å²) in [5, 5.41) is 1.55. The van der Waals surface area contributed by atoms with E-state index in [1.807, 2.05) is 23.6 Å². The second-order valence-corrected chi connectivity index (χ2v) is 10.3. The molecule has 2 aromatic carbocycles. The SMILES string of the molecule is CCc1sc2nc(SCc3ccc(Br)cc3)n(Cc3ccc(C)cc3)c(=O)c2c1C. The molecule has 0 unspecified atom stereocenters. The van der Waals surface area contributed by atoms with Gasteiger partial charge in [0, 0.05) is 15.1 Å². The van der Waals surface area contributed by atoms with Gasteiger partial charge in [0.2, 0.25) is 0 Å². The Morgan fingerprint density at radius 1 is 1.03 bits per heavy atom. The van der Waals surface area contributed by atoms with Crippen LogP contribution in [0.5, 0.6) is 0 Å². The minimum absolute atomic E-state index is 0.0623. The van der Waals surface area contributed by atoms with Gasteiger partial charge in [0.05, 0.1) is 11.9 Å². The van der Waals surface area contributed by atoms with Gasteiger partial charge in [0.25, 0.3) is 5.56 Å². The highest BCUT2D eigenvalue weighted by Gasteiger charge is 2.18. The topological polar surface area (TPSA) is 34.9 Å². The molecule has 0 aliphatic heterocycles. The van der Waals surface area contributed by atoms with Crippen LogP contribution < -0.4 is 5.56 Å². The summed E-state index contributed by atoms with van der Waals surface area (Å²) in [6.45, 7) is 6.78. The van der Waals surface area contributed by atoms with Crippen molar-refractivity contribution in [3.8, 4) is 0 Å². The lowest BCUT2D eigenvalue weighted by Gasteiger charge is -2.13. The van der Waals surface area contributed by atoms with Crippen LogP contribution in [0.2, 0.25) is 0 Å². The molecule has 0 spiro atoms. The molecule has 0 atom stereocenters. The average Bonchev–Trinajstić information content (AvgIpc) is 3.07. The summed E-state index contributed by atoms with van der Waals surface area (Å²) in [7, 11) is 0. The highest BCUT2D eigenvalue weighted by atomic mass is 79.9. The molecule has 30 heavy (non-hydrogen) atoms. The minimum atomic E-state index is 0.0623. The molecule has 0 saturated heterocycles. The van der Waals surface area contributed by atoms with Crippen molar-refractivity contribution in [2.45, 2.75) is 44.6 Å². The zero-order valence-corrected chi connectivity index (χ0v) is 20.5.